The van der Waals surface area contributed by atoms with Crippen molar-refractivity contribution in [2.75, 3.05) is 19.0 Å². The second kappa shape index (κ2) is 3.76. The Morgan fingerprint density at radius 1 is 1.29 bits per heavy atom. The van der Waals surface area contributed by atoms with Crippen molar-refractivity contribution in [2.24, 2.45) is 0 Å². The Labute approximate surface area is 87.9 Å². The molecule has 2 nitrogen and oxygen atoms in total. The highest BCUT2D eigenvalue weighted by Crippen LogP contribution is 2.32. The van der Waals surface area contributed by atoms with E-state index in [4.69, 9.17) is 0 Å². The molecule has 14 heavy (non-hydrogen) atoms. The van der Waals surface area contributed by atoms with Gasteiger partial charge in [-0.25, -0.2) is 4.98 Å². The predicted octanol–water partition coefficient (Wildman–Crippen LogP) is 2.93. The minimum atomic E-state index is -4.34. The summed E-state index contributed by atoms with van der Waals surface area (Å²) in [7, 11) is 3.27. The zero-order valence-electron chi connectivity index (χ0n) is 7.56. The van der Waals surface area contributed by atoms with Gasteiger partial charge in [-0.1, -0.05) is 0 Å². The molecule has 1 aromatic heterocycles. The second-order valence-electron chi connectivity index (χ2n) is 2.93. The highest BCUT2D eigenvalue weighted by atomic mass is 79.9. The van der Waals surface area contributed by atoms with E-state index in [0.29, 0.717) is 0 Å². The van der Waals surface area contributed by atoms with Crippen molar-refractivity contribution < 1.29 is 13.2 Å². The number of pyridine rings is 1. The molecule has 1 rings (SSSR count). The minimum Gasteiger partial charge on any atom is -0.363 e. The van der Waals surface area contributed by atoms with Crippen LogP contribution in [-0.4, -0.2) is 19.1 Å². The average Bonchev–Trinajstić information content (AvgIpc) is 2.01. The zero-order chi connectivity index (χ0) is 10.9. The number of anilines is 1. The third-order valence-electron chi connectivity index (χ3n) is 1.57. The van der Waals surface area contributed by atoms with Crippen molar-refractivity contribution in [1.29, 1.82) is 0 Å². The van der Waals surface area contributed by atoms with Crippen LogP contribution in [0.25, 0.3) is 0 Å². The fourth-order valence-electron chi connectivity index (χ4n) is 0.876. The zero-order valence-corrected chi connectivity index (χ0v) is 9.15. The van der Waals surface area contributed by atoms with Crippen LogP contribution in [0.4, 0.5) is 19.0 Å². The quantitative estimate of drug-likeness (QED) is 0.729. The van der Waals surface area contributed by atoms with Crippen LogP contribution in [0.2, 0.25) is 0 Å². The molecule has 1 heterocycles. The highest BCUT2D eigenvalue weighted by molar-refractivity contribution is 9.10. The molecule has 0 atom stereocenters. The molecule has 0 bridgehead atoms. The fraction of sp³-hybridized carbons (Fsp3) is 0.375. The predicted molar refractivity (Wildman–Crippen MR) is 51.3 cm³/mol. The van der Waals surface area contributed by atoms with E-state index in [9.17, 15) is 13.2 Å². The Hall–Kier alpha value is -0.780. The van der Waals surface area contributed by atoms with Gasteiger partial charge in [0, 0.05) is 14.1 Å². The van der Waals surface area contributed by atoms with Gasteiger partial charge < -0.3 is 4.90 Å². The van der Waals surface area contributed by atoms with Crippen molar-refractivity contribution in [3.63, 3.8) is 0 Å². The van der Waals surface area contributed by atoms with Gasteiger partial charge in [0.05, 0.1) is 5.56 Å². The van der Waals surface area contributed by atoms with Crippen LogP contribution in [0.15, 0.2) is 16.7 Å². The SMILES string of the molecule is CN(C)c1cc(C(F)(F)F)cc(Br)n1. The molecule has 0 N–H and O–H groups in total. The van der Waals surface area contributed by atoms with Crippen LogP contribution >= 0.6 is 15.9 Å². The Balaban J connectivity index is 3.21. The van der Waals surface area contributed by atoms with Crippen LogP contribution in [-0.2, 0) is 6.18 Å². The van der Waals surface area contributed by atoms with Crippen LogP contribution in [0.3, 0.4) is 0 Å². The van der Waals surface area contributed by atoms with Gasteiger partial charge in [0.1, 0.15) is 10.4 Å². The van der Waals surface area contributed by atoms with Gasteiger partial charge in [-0.15, -0.1) is 0 Å². The molecule has 0 saturated heterocycles. The fourth-order valence-corrected chi connectivity index (χ4v) is 1.30. The van der Waals surface area contributed by atoms with Crippen LogP contribution in [0, 0.1) is 0 Å². The first-order valence-corrected chi connectivity index (χ1v) is 4.52. The lowest BCUT2D eigenvalue weighted by Crippen LogP contribution is -2.13. The Bertz CT molecular complexity index is 336. The molecule has 0 amide bonds. The number of halogens is 4. The molecule has 1 aromatic rings. The molecule has 0 aliphatic carbocycles. The summed E-state index contributed by atoms with van der Waals surface area (Å²) in [5, 5.41) is 0. The van der Waals surface area contributed by atoms with Crippen molar-refractivity contribution in [3.8, 4) is 0 Å². The summed E-state index contributed by atoms with van der Waals surface area (Å²) in [5.74, 6) is 0.270. The molecule has 0 unspecified atom stereocenters. The summed E-state index contributed by atoms with van der Waals surface area (Å²) in [4.78, 5) is 5.40. The van der Waals surface area contributed by atoms with Gasteiger partial charge in [0.25, 0.3) is 0 Å². The summed E-state index contributed by atoms with van der Waals surface area (Å²) in [5.41, 5.74) is -0.705. The number of rotatable bonds is 1. The number of alkyl halides is 3. The topological polar surface area (TPSA) is 16.1 Å². The standard InChI is InChI=1S/C8H8BrF3N2/c1-14(2)7-4-5(8(10,11)12)3-6(9)13-7/h3-4H,1-2H3. The van der Waals surface area contributed by atoms with E-state index < -0.39 is 11.7 Å². The third kappa shape index (κ3) is 2.60. The summed E-state index contributed by atoms with van der Waals surface area (Å²) >= 11 is 2.94. The maximum Gasteiger partial charge on any atom is 0.416 e. The van der Waals surface area contributed by atoms with E-state index in [-0.39, 0.29) is 10.4 Å². The molecule has 0 aromatic carbocycles. The summed E-state index contributed by atoms with van der Waals surface area (Å²) in [6.07, 6.45) is -4.34. The smallest absolute Gasteiger partial charge is 0.363 e. The first-order valence-electron chi connectivity index (χ1n) is 3.73. The van der Waals surface area contributed by atoms with E-state index in [1.165, 1.54) is 4.90 Å². The lowest BCUT2D eigenvalue weighted by molar-refractivity contribution is -0.137. The van der Waals surface area contributed by atoms with Gasteiger partial charge in [0.2, 0.25) is 0 Å². The average molecular weight is 269 g/mol. The maximum atomic E-state index is 12.3. The Morgan fingerprint density at radius 3 is 2.29 bits per heavy atom. The van der Waals surface area contributed by atoms with E-state index in [1.807, 2.05) is 0 Å². The molecule has 0 radical (unpaired) electrons. The molecule has 0 spiro atoms. The minimum absolute atomic E-state index is 0.177. The van der Waals surface area contributed by atoms with Gasteiger partial charge >= 0.3 is 6.18 Å². The third-order valence-corrected chi connectivity index (χ3v) is 1.97. The lowest BCUT2D eigenvalue weighted by atomic mass is 10.2. The van der Waals surface area contributed by atoms with E-state index in [1.54, 1.807) is 14.1 Å². The van der Waals surface area contributed by atoms with Crippen molar-refractivity contribution in [2.45, 2.75) is 6.18 Å². The molecule has 0 aliphatic rings. The van der Waals surface area contributed by atoms with Gasteiger partial charge in [-0.05, 0) is 28.1 Å². The maximum absolute atomic E-state index is 12.3. The van der Waals surface area contributed by atoms with Gasteiger partial charge in [0.15, 0.2) is 0 Å². The van der Waals surface area contributed by atoms with E-state index in [0.717, 1.165) is 12.1 Å². The molecule has 0 fully saturated rings. The van der Waals surface area contributed by atoms with E-state index in [2.05, 4.69) is 20.9 Å². The first-order chi connectivity index (χ1) is 6.30. The molecular formula is C8H8BrF3N2. The molecule has 6 heteroatoms. The van der Waals surface area contributed by atoms with Crippen LogP contribution in [0.1, 0.15) is 5.56 Å². The van der Waals surface area contributed by atoms with Gasteiger partial charge in [-0.3, -0.25) is 0 Å². The lowest BCUT2D eigenvalue weighted by Gasteiger charge is -2.14. The van der Waals surface area contributed by atoms with Crippen LogP contribution in [0.5, 0.6) is 0 Å². The summed E-state index contributed by atoms with van der Waals surface area (Å²) < 4.78 is 37.2. The Morgan fingerprint density at radius 2 is 1.86 bits per heavy atom. The van der Waals surface area contributed by atoms with Crippen LogP contribution < -0.4 is 4.90 Å². The number of hydrogen-bond donors (Lipinski definition) is 0. The normalized spacial score (nSPS) is 11.6. The number of hydrogen-bond acceptors (Lipinski definition) is 2. The van der Waals surface area contributed by atoms with Crippen molar-refractivity contribution in [3.05, 3.63) is 22.3 Å². The highest BCUT2D eigenvalue weighted by Gasteiger charge is 2.31. The van der Waals surface area contributed by atoms with E-state index >= 15 is 0 Å². The monoisotopic (exact) mass is 268 g/mol. The van der Waals surface area contributed by atoms with Crippen molar-refractivity contribution in [1.82, 2.24) is 4.98 Å². The number of nitrogens with zero attached hydrogens (tertiary/aromatic N) is 2. The molecule has 78 valence electrons. The largest absolute Gasteiger partial charge is 0.416 e. The molecule has 0 saturated carbocycles. The number of aromatic nitrogens is 1. The Kier molecular flexibility index (Phi) is 3.04. The summed E-state index contributed by atoms with van der Waals surface area (Å²) in [6, 6.07) is 1.96. The first kappa shape index (κ1) is 11.3. The molecule has 0 aliphatic heterocycles. The molecular weight excluding hydrogens is 261 g/mol. The second-order valence-corrected chi connectivity index (χ2v) is 3.74. The van der Waals surface area contributed by atoms with Gasteiger partial charge in [-0.2, -0.15) is 13.2 Å². The van der Waals surface area contributed by atoms with Crippen molar-refractivity contribution >= 4 is 21.7 Å². The summed E-state index contributed by atoms with van der Waals surface area (Å²) in [6.45, 7) is 0.